The van der Waals surface area contributed by atoms with Crippen molar-refractivity contribution >= 4 is 11.8 Å². The molecule has 0 bridgehead atoms. The smallest absolute Gasteiger partial charge is 0.348 e. The van der Waals surface area contributed by atoms with E-state index < -0.39 is 29.6 Å². The van der Waals surface area contributed by atoms with E-state index in [0.29, 0.717) is 25.7 Å². The van der Waals surface area contributed by atoms with Crippen molar-refractivity contribution in [3.05, 3.63) is 0 Å². The second-order valence-corrected chi connectivity index (χ2v) is 5.99. The molecule has 0 aromatic rings. The van der Waals surface area contributed by atoms with Crippen LogP contribution in [0, 0.1) is 5.41 Å². The van der Waals surface area contributed by atoms with Crippen molar-refractivity contribution in [2.45, 2.75) is 64.7 Å². The van der Waals surface area contributed by atoms with E-state index in [2.05, 4.69) is 0 Å². The molecular weight excluding hydrogens is 354 g/mol. The van der Waals surface area contributed by atoms with Crippen LogP contribution in [-0.4, -0.2) is 37.3 Å². The molecule has 0 aromatic heterocycles. The number of hydrogen-bond donors (Lipinski definition) is 2. The number of carbonyl (C=O) groups is 2. The molecule has 0 rings (SSSR count). The van der Waals surface area contributed by atoms with Crippen LogP contribution in [0.1, 0.15) is 52.4 Å². The zero-order valence-corrected chi connectivity index (χ0v) is 14.2. The third-order valence-electron chi connectivity index (χ3n) is 4.12. The summed E-state index contributed by atoms with van der Waals surface area (Å²) in [6.45, 7) is 3.20. The van der Waals surface area contributed by atoms with Crippen LogP contribution in [0.2, 0.25) is 0 Å². The molecule has 148 valence electrons. The van der Waals surface area contributed by atoms with Crippen LogP contribution in [-0.2, 0) is 9.59 Å². The Balaban J connectivity index is 4.69. The molecule has 0 fully saturated rings. The van der Waals surface area contributed by atoms with Crippen LogP contribution in [0.25, 0.3) is 0 Å². The summed E-state index contributed by atoms with van der Waals surface area (Å²) in [5.41, 5.74) is -0.653. The average Bonchev–Trinajstić information content (AvgIpc) is 2.51. The first-order valence-corrected chi connectivity index (χ1v) is 8.08. The molecule has 0 aliphatic heterocycles. The van der Waals surface area contributed by atoms with Crippen molar-refractivity contribution in [1.82, 2.24) is 10.6 Å². The maximum Gasteiger partial charge on any atom is 0.471 e. The van der Waals surface area contributed by atoms with Gasteiger partial charge in [-0.25, -0.2) is 0 Å². The van der Waals surface area contributed by atoms with Crippen LogP contribution in [0.15, 0.2) is 0 Å². The van der Waals surface area contributed by atoms with E-state index in [4.69, 9.17) is 0 Å². The lowest BCUT2D eigenvalue weighted by atomic mass is 9.76. The van der Waals surface area contributed by atoms with Gasteiger partial charge in [0.1, 0.15) is 0 Å². The molecule has 0 aromatic carbocycles. The van der Waals surface area contributed by atoms with Gasteiger partial charge in [0, 0.05) is 13.1 Å². The Morgan fingerprint density at radius 1 is 0.800 bits per heavy atom. The summed E-state index contributed by atoms with van der Waals surface area (Å²) in [7, 11) is 0. The molecule has 1 atom stereocenters. The van der Waals surface area contributed by atoms with Gasteiger partial charge >= 0.3 is 24.2 Å². The Hall–Kier alpha value is -1.48. The van der Waals surface area contributed by atoms with Crippen LogP contribution >= 0.6 is 0 Å². The van der Waals surface area contributed by atoms with Crippen LogP contribution in [0.3, 0.4) is 0 Å². The minimum absolute atomic E-state index is 0.168. The molecular formula is C15H24F6N2O2. The van der Waals surface area contributed by atoms with Crippen molar-refractivity contribution < 1.29 is 35.9 Å². The van der Waals surface area contributed by atoms with Crippen molar-refractivity contribution in [2.24, 2.45) is 5.41 Å². The van der Waals surface area contributed by atoms with E-state index in [-0.39, 0.29) is 19.5 Å². The maximum atomic E-state index is 12.3. The molecule has 0 saturated heterocycles. The SMILES string of the molecule is CCCCC(CC)(CCCNC(=O)C(F)(F)F)CNC(=O)C(F)(F)F. The molecule has 0 radical (unpaired) electrons. The fraction of sp³-hybridized carbons (Fsp3) is 0.867. The van der Waals surface area contributed by atoms with Crippen molar-refractivity contribution in [1.29, 1.82) is 0 Å². The molecule has 25 heavy (non-hydrogen) atoms. The zero-order valence-electron chi connectivity index (χ0n) is 14.2. The molecule has 1 unspecified atom stereocenters. The molecule has 0 heterocycles. The van der Waals surface area contributed by atoms with Gasteiger partial charge in [-0.1, -0.05) is 26.7 Å². The van der Waals surface area contributed by atoms with Gasteiger partial charge in [0.25, 0.3) is 0 Å². The summed E-state index contributed by atoms with van der Waals surface area (Å²) >= 11 is 0. The third kappa shape index (κ3) is 8.97. The molecule has 4 nitrogen and oxygen atoms in total. The highest BCUT2D eigenvalue weighted by molar-refractivity contribution is 5.82. The summed E-state index contributed by atoms with van der Waals surface area (Å²) < 4.78 is 73.3. The summed E-state index contributed by atoms with van der Waals surface area (Å²) in [5.74, 6) is -4.08. The quantitative estimate of drug-likeness (QED) is 0.450. The van der Waals surface area contributed by atoms with E-state index in [1.165, 1.54) is 0 Å². The summed E-state index contributed by atoms with van der Waals surface area (Å²) in [4.78, 5) is 21.8. The molecule has 10 heteroatoms. The van der Waals surface area contributed by atoms with Gasteiger partial charge in [-0.05, 0) is 31.1 Å². The molecule has 0 aliphatic rings. The summed E-state index contributed by atoms with van der Waals surface area (Å²) in [5, 5.41) is 3.60. The normalized spacial score (nSPS) is 14.7. The molecule has 0 aliphatic carbocycles. The first-order valence-electron chi connectivity index (χ1n) is 8.08. The lowest BCUT2D eigenvalue weighted by Crippen LogP contribution is -2.44. The summed E-state index contributed by atoms with van der Waals surface area (Å²) in [6.07, 6.45) is -7.00. The van der Waals surface area contributed by atoms with E-state index in [1.807, 2.05) is 12.2 Å². The van der Waals surface area contributed by atoms with E-state index in [9.17, 15) is 35.9 Å². The summed E-state index contributed by atoms with van der Waals surface area (Å²) in [6, 6.07) is 0. The largest absolute Gasteiger partial charge is 0.471 e. The van der Waals surface area contributed by atoms with E-state index in [1.54, 1.807) is 12.2 Å². The lowest BCUT2D eigenvalue weighted by Gasteiger charge is -2.33. The van der Waals surface area contributed by atoms with E-state index in [0.717, 1.165) is 6.42 Å². The average molecular weight is 378 g/mol. The van der Waals surface area contributed by atoms with Crippen LogP contribution in [0.4, 0.5) is 26.3 Å². The van der Waals surface area contributed by atoms with Crippen molar-refractivity contribution in [3.8, 4) is 0 Å². The number of nitrogens with one attached hydrogen (secondary N) is 2. The Morgan fingerprint density at radius 3 is 1.72 bits per heavy atom. The van der Waals surface area contributed by atoms with Crippen molar-refractivity contribution in [2.75, 3.05) is 13.1 Å². The van der Waals surface area contributed by atoms with E-state index >= 15 is 0 Å². The van der Waals surface area contributed by atoms with Gasteiger partial charge < -0.3 is 10.6 Å². The Kier molecular flexibility index (Phi) is 9.28. The predicted octanol–water partition coefficient (Wildman–Crippen LogP) is 3.71. The molecule has 0 saturated carbocycles. The van der Waals surface area contributed by atoms with Gasteiger partial charge in [-0.3, -0.25) is 9.59 Å². The topological polar surface area (TPSA) is 58.2 Å². The number of unbranched alkanes of at least 4 members (excludes halogenated alkanes) is 1. The third-order valence-corrected chi connectivity index (χ3v) is 4.12. The van der Waals surface area contributed by atoms with Gasteiger partial charge in [-0.15, -0.1) is 0 Å². The minimum Gasteiger partial charge on any atom is -0.348 e. The second-order valence-electron chi connectivity index (χ2n) is 5.99. The minimum atomic E-state index is -4.98. The van der Waals surface area contributed by atoms with Gasteiger partial charge in [0.15, 0.2) is 0 Å². The number of halogens is 6. The molecule has 2 amide bonds. The Morgan fingerprint density at radius 2 is 1.28 bits per heavy atom. The maximum absolute atomic E-state index is 12.3. The Labute approximate surface area is 142 Å². The standard InChI is InChI=1S/C15H24F6N2O2/c1-3-5-7-13(4-2,10-23-12(25)15(19,20)21)8-6-9-22-11(24)14(16,17)18/h3-10H2,1-2H3,(H,22,24)(H,23,25). The first-order chi connectivity index (χ1) is 11.4. The molecule has 2 N–H and O–H groups in total. The second kappa shape index (κ2) is 9.86. The lowest BCUT2D eigenvalue weighted by molar-refractivity contribution is -0.174. The number of amides is 2. The molecule has 0 spiro atoms. The highest BCUT2D eigenvalue weighted by atomic mass is 19.4. The van der Waals surface area contributed by atoms with Gasteiger partial charge in [0.2, 0.25) is 0 Å². The van der Waals surface area contributed by atoms with Gasteiger partial charge in [0.05, 0.1) is 0 Å². The Bertz CT molecular complexity index is 437. The van der Waals surface area contributed by atoms with Gasteiger partial charge in [-0.2, -0.15) is 26.3 Å². The highest BCUT2D eigenvalue weighted by Crippen LogP contribution is 2.34. The fourth-order valence-corrected chi connectivity index (χ4v) is 2.47. The van der Waals surface area contributed by atoms with Crippen molar-refractivity contribution in [3.63, 3.8) is 0 Å². The fourth-order valence-electron chi connectivity index (χ4n) is 2.47. The monoisotopic (exact) mass is 378 g/mol. The number of carbonyl (C=O) groups excluding carboxylic acids is 2. The number of hydrogen-bond acceptors (Lipinski definition) is 2. The predicted molar refractivity (Wildman–Crippen MR) is 79.6 cm³/mol. The zero-order chi connectivity index (χ0) is 19.7. The number of alkyl halides is 6. The number of rotatable bonds is 10. The highest BCUT2D eigenvalue weighted by Gasteiger charge is 2.40. The van der Waals surface area contributed by atoms with Crippen LogP contribution < -0.4 is 10.6 Å². The first kappa shape index (κ1) is 23.5. The van der Waals surface area contributed by atoms with Crippen LogP contribution in [0.5, 0.6) is 0 Å².